The number of anilines is 1. The zero-order valence-electron chi connectivity index (χ0n) is 11.2. The van der Waals surface area contributed by atoms with Crippen LogP contribution in [0.1, 0.15) is 11.9 Å². The summed E-state index contributed by atoms with van der Waals surface area (Å²) in [6.45, 7) is 1.05. The number of carbonyl (C=O) groups excluding carboxylic acids is 1. The SMILES string of the molecule is O=C1SCCN1c1noc2c(F)c(F)c(C3OCCO3)cc12. The van der Waals surface area contributed by atoms with E-state index in [-0.39, 0.29) is 27.6 Å². The number of benzene rings is 1. The third kappa shape index (κ3) is 2.00. The molecule has 6 nitrogen and oxygen atoms in total. The maximum Gasteiger partial charge on any atom is 0.287 e. The van der Waals surface area contributed by atoms with Gasteiger partial charge in [-0.15, -0.1) is 0 Å². The lowest BCUT2D eigenvalue weighted by Crippen LogP contribution is -2.22. The molecule has 1 aromatic heterocycles. The minimum absolute atomic E-state index is 0.0637. The van der Waals surface area contributed by atoms with E-state index in [4.69, 9.17) is 14.0 Å². The zero-order valence-corrected chi connectivity index (χ0v) is 12.0. The minimum atomic E-state index is -1.16. The number of hydrogen-bond donors (Lipinski definition) is 0. The van der Waals surface area contributed by atoms with Gasteiger partial charge in [-0.05, 0) is 6.07 Å². The molecule has 3 heterocycles. The zero-order chi connectivity index (χ0) is 15.3. The molecule has 2 saturated heterocycles. The molecule has 2 aromatic rings. The predicted molar refractivity (Wildman–Crippen MR) is 73.8 cm³/mol. The summed E-state index contributed by atoms with van der Waals surface area (Å²) in [6.07, 6.45) is -0.967. The van der Waals surface area contributed by atoms with Gasteiger partial charge in [0, 0.05) is 17.9 Å². The molecule has 0 spiro atoms. The Balaban J connectivity index is 1.88. The smallest absolute Gasteiger partial charge is 0.287 e. The van der Waals surface area contributed by atoms with Crippen LogP contribution in [0.25, 0.3) is 11.0 Å². The Hall–Kier alpha value is -1.71. The molecule has 116 valence electrons. The largest absolute Gasteiger partial charge is 0.351 e. The second kappa shape index (κ2) is 5.18. The number of halogens is 2. The van der Waals surface area contributed by atoms with Crippen molar-refractivity contribution >= 4 is 33.8 Å². The summed E-state index contributed by atoms with van der Waals surface area (Å²) >= 11 is 1.14. The van der Waals surface area contributed by atoms with Gasteiger partial charge in [0.25, 0.3) is 5.24 Å². The molecular formula is C13H10F2N2O4S. The molecule has 1 aromatic carbocycles. The van der Waals surface area contributed by atoms with Crippen molar-refractivity contribution in [2.45, 2.75) is 6.29 Å². The molecule has 0 saturated carbocycles. The Kier molecular flexibility index (Phi) is 3.28. The molecule has 2 aliphatic rings. The van der Waals surface area contributed by atoms with Gasteiger partial charge in [-0.1, -0.05) is 16.9 Å². The summed E-state index contributed by atoms with van der Waals surface area (Å²) in [4.78, 5) is 13.2. The van der Waals surface area contributed by atoms with Crippen LogP contribution in [0.3, 0.4) is 0 Å². The van der Waals surface area contributed by atoms with E-state index in [9.17, 15) is 13.6 Å². The summed E-state index contributed by atoms with van der Waals surface area (Å²) in [5.41, 5.74) is -0.384. The number of hydrogen-bond acceptors (Lipinski definition) is 6. The Morgan fingerprint density at radius 2 is 2.05 bits per heavy atom. The van der Waals surface area contributed by atoms with Gasteiger partial charge in [-0.3, -0.25) is 9.69 Å². The van der Waals surface area contributed by atoms with Gasteiger partial charge in [0.1, 0.15) is 0 Å². The first-order chi connectivity index (χ1) is 10.7. The van der Waals surface area contributed by atoms with Crippen LogP contribution < -0.4 is 4.90 Å². The van der Waals surface area contributed by atoms with Crippen LogP contribution in [-0.4, -0.2) is 35.9 Å². The van der Waals surface area contributed by atoms with Gasteiger partial charge < -0.3 is 14.0 Å². The number of rotatable bonds is 2. The van der Waals surface area contributed by atoms with Crippen molar-refractivity contribution in [1.29, 1.82) is 0 Å². The van der Waals surface area contributed by atoms with E-state index in [1.165, 1.54) is 11.0 Å². The maximum atomic E-state index is 14.2. The molecular weight excluding hydrogens is 318 g/mol. The lowest BCUT2D eigenvalue weighted by atomic mass is 10.1. The summed E-state index contributed by atoms with van der Waals surface area (Å²) in [6, 6.07) is 1.37. The fourth-order valence-electron chi connectivity index (χ4n) is 2.51. The highest BCUT2D eigenvalue weighted by Gasteiger charge is 2.32. The minimum Gasteiger partial charge on any atom is -0.351 e. The third-order valence-electron chi connectivity index (χ3n) is 3.55. The van der Waals surface area contributed by atoms with E-state index in [0.29, 0.717) is 25.5 Å². The molecule has 22 heavy (non-hydrogen) atoms. The molecule has 9 heteroatoms. The van der Waals surface area contributed by atoms with Crippen molar-refractivity contribution in [2.75, 3.05) is 30.4 Å². The molecule has 1 amide bonds. The van der Waals surface area contributed by atoms with Crippen LogP contribution in [0, 0.1) is 11.6 Å². The second-order valence-corrected chi connectivity index (χ2v) is 5.86. The lowest BCUT2D eigenvalue weighted by Gasteiger charge is -2.13. The molecule has 0 radical (unpaired) electrons. The van der Waals surface area contributed by atoms with Crippen molar-refractivity contribution in [3.8, 4) is 0 Å². The van der Waals surface area contributed by atoms with E-state index < -0.39 is 17.9 Å². The van der Waals surface area contributed by atoms with Gasteiger partial charge in [0.05, 0.1) is 18.6 Å². The van der Waals surface area contributed by atoms with Crippen LogP contribution >= 0.6 is 11.8 Å². The van der Waals surface area contributed by atoms with E-state index in [2.05, 4.69) is 5.16 Å². The number of fused-ring (bicyclic) bond motifs is 1. The third-order valence-corrected chi connectivity index (χ3v) is 4.40. The highest BCUT2D eigenvalue weighted by Crippen LogP contribution is 2.37. The van der Waals surface area contributed by atoms with Crippen LogP contribution in [0.5, 0.6) is 0 Å². The fraction of sp³-hybridized carbons (Fsp3) is 0.385. The Bertz CT molecular complexity index is 760. The molecule has 2 aliphatic heterocycles. The van der Waals surface area contributed by atoms with Crippen molar-refractivity contribution in [3.63, 3.8) is 0 Å². The number of aromatic nitrogens is 1. The first-order valence-electron chi connectivity index (χ1n) is 6.61. The molecule has 0 N–H and O–H groups in total. The maximum absolute atomic E-state index is 14.2. The van der Waals surface area contributed by atoms with Crippen molar-refractivity contribution in [2.24, 2.45) is 0 Å². The standard InChI is InChI=1S/C13H10F2N2O4S/c14-8-6(12-19-2-3-20-12)5-7-10(9(8)15)21-16-11(7)17-1-4-22-13(17)18/h5,12H,1-4H2. The quantitative estimate of drug-likeness (QED) is 0.845. The average molecular weight is 328 g/mol. The highest BCUT2D eigenvalue weighted by molar-refractivity contribution is 8.14. The summed E-state index contributed by atoms with van der Waals surface area (Å²) in [5, 5.41) is 3.75. The fourth-order valence-corrected chi connectivity index (χ4v) is 3.29. The molecule has 0 aliphatic carbocycles. The van der Waals surface area contributed by atoms with Gasteiger partial charge in [-0.25, -0.2) is 4.39 Å². The predicted octanol–water partition coefficient (Wildman–Crippen LogP) is 2.82. The van der Waals surface area contributed by atoms with Crippen LogP contribution in [-0.2, 0) is 9.47 Å². The number of amides is 1. The average Bonchev–Trinajstić information content (AvgIpc) is 3.22. The molecule has 0 bridgehead atoms. The Morgan fingerprint density at radius 1 is 1.27 bits per heavy atom. The van der Waals surface area contributed by atoms with Crippen LogP contribution in [0.2, 0.25) is 0 Å². The van der Waals surface area contributed by atoms with Crippen molar-refractivity contribution in [1.82, 2.24) is 5.16 Å². The normalized spacial score (nSPS) is 19.7. The monoisotopic (exact) mass is 328 g/mol. The van der Waals surface area contributed by atoms with Crippen molar-refractivity contribution in [3.05, 3.63) is 23.3 Å². The molecule has 4 rings (SSSR count). The van der Waals surface area contributed by atoms with E-state index in [0.717, 1.165) is 11.8 Å². The molecule has 0 unspecified atom stereocenters. The second-order valence-electron chi connectivity index (χ2n) is 4.82. The van der Waals surface area contributed by atoms with Crippen molar-refractivity contribution < 1.29 is 27.6 Å². The van der Waals surface area contributed by atoms with E-state index >= 15 is 0 Å². The van der Waals surface area contributed by atoms with Gasteiger partial charge in [0.15, 0.2) is 17.9 Å². The molecule has 2 fully saturated rings. The van der Waals surface area contributed by atoms with Crippen LogP contribution in [0.4, 0.5) is 19.4 Å². The van der Waals surface area contributed by atoms with E-state index in [1.54, 1.807) is 0 Å². The number of ether oxygens (including phenoxy) is 2. The summed E-state index contributed by atoms with van der Waals surface area (Å²) in [5.74, 6) is -1.46. The Labute approximate surface area is 127 Å². The van der Waals surface area contributed by atoms with Crippen LogP contribution in [0.15, 0.2) is 10.6 Å². The first kappa shape index (κ1) is 13.9. The number of nitrogens with zero attached hydrogens (tertiary/aromatic N) is 2. The summed E-state index contributed by atoms with van der Waals surface area (Å²) in [7, 11) is 0. The molecule has 0 atom stereocenters. The lowest BCUT2D eigenvalue weighted by molar-refractivity contribution is -0.0467. The van der Waals surface area contributed by atoms with E-state index in [1.807, 2.05) is 0 Å². The summed E-state index contributed by atoms with van der Waals surface area (Å²) < 4.78 is 43.7. The highest BCUT2D eigenvalue weighted by atomic mass is 32.2. The topological polar surface area (TPSA) is 64.8 Å². The Morgan fingerprint density at radius 3 is 2.73 bits per heavy atom. The number of thioether (sulfide) groups is 1. The number of carbonyl (C=O) groups is 1. The van der Waals surface area contributed by atoms with Gasteiger partial charge >= 0.3 is 0 Å². The van der Waals surface area contributed by atoms with Gasteiger partial charge in [0.2, 0.25) is 11.4 Å². The first-order valence-corrected chi connectivity index (χ1v) is 7.60. The van der Waals surface area contributed by atoms with Gasteiger partial charge in [-0.2, -0.15) is 4.39 Å².